The molecule has 120 valence electrons. The van der Waals surface area contributed by atoms with Crippen LogP contribution in [-0.4, -0.2) is 45.4 Å². The molecule has 0 amide bonds. The summed E-state index contributed by atoms with van der Waals surface area (Å²) >= 11 is 1.07. The van der Waals surface area contributed by atoms with Crippen LogP contribution in [0, 0.1) is 5.41 Å². The predicted molar refractivity (Wildman–Crippen MR) is 83.4 cm³/mol. The highest BCUT2D eigenvalue weighted by atomic mass is 35.5. The Morgan fingerprint density at radius 2 is 2.24 bits per heavy atom. The highest BCUT2D eigenvalue weighted by Gasteiger charge is 2.39. The Balaban J connectivity index is 0.00000220. The zero-order valence-corrected chi connectivity index (χ0v) is 14.3. The van der Waals surface area contributed by atoms with Crippen LogP contribution in [0.5, 0.6) is 0 Å². The van der Waals surface area contributed by atoms with Gasteiger partial charge in [-0.25, -0.2) is 13.2 Å². The molecule has 0 spiro atoms. The number of halogens is 1. The molecule has 1 fully saturated rings. The van der Waals surface area contributed by atoms with Crippen molar-refractivity contribution in [3.63, 3.8) is 0 Å². The van der Waals surface area contributed by atoms with Crippen molar-refractivity contribution in [2.24, 2.45) is 11.1 Å². The van der Waals surface area contributed by atoms with Crippen LogP contribution in [0.15, 0.2) is 16.3 Å². The Morgan fingerprint density at radius 1 is 1.57 bits per heavy atom. The van der Waals surface area contributed by atoms with Crippen LogP contribution in [0.25, 0.3) is 0 Å². The zero-order chi connectivity index (χ0) is 15.0. The minimum Gasteiger partial charge on any atom is -0.465 e. The molecule has 1 aliphatic rings. The lowest BCUT2D eigenvalue weighted by molar-refractivity contribution is 0.0606. The van der Waals surface area contributed by atoms with Gasteiger partial charge in [0, 0.05) is 18.5 Å². The Morgan fingerprint density at radius 3 is 2.76 bits per heavy atom. The van der Waals surface area contributed by atoms with Crippen molar-refractivity contribution in [1.82, 2.24) is 4.31 Å². The van der Waals surface area contributed by atoms with Crippen LogP contribution in [-0.2, 0) is 14.8 Å². The van der Waals surface area contributed by atoms with Gasteiger partial charge in [-0.05, 0) is 24.4 Å². The van der Waals surface area contributed by atoms with E-state index in [2.05, 4.69) is 4.74 Å². The molecule has 1 saturated heterocycles. The van der Waals surface area contributed by atoms with Gasteiger partial charge >= 0.3 is 5.97 Å². The fourth-order valence-corrected chi connectivity index (χ4v) is 4.93. The minimum absolute atomic E-state index is 0. The third-order valence-electron chi connectivity index (χ3n) is 3.62. The molecule has 2 rings (SSSR count). The van der Waals surface area contributed by atoms with Gasteiger partial charge in [0.15, 0.2) is 0 Å². The van der Waals surface area contributed by atoms with Crippen LogP contribution >= 0.6 is 23.7 Å². The van der Waals surface area contributed by atoms with Gasteiger partial charge in [0.2, 0.25) is 10.0 Å². The maximum absolute atomic E-state index is 12.5. The number of carbonyl (C=O) groups is 1. The van der Waals surface area contributed by atoms with Crippen molar-refractivity contribution in [2.75, 3.05) is 26.7 Å². The first-order chi connectivity index (χ1) is 9.32. The van der Waals surface area contributed by atoms with Crippen molar-refractivity contribution in [3.05, 3.63) is 16.3 Å². The molecule has 0 saturated carbocycles. The first kappa shape index (κ1) is 18.4. The van der Waals surface area contributed by atoms with Crippen molar-refractivity contribution in [2.45, 2.75) is 18.2 Å². The van der Waals surface area contributed by atoms with E-state index >= 15 is 0 Å². The van der Waals surface area contributed by atoms with Crippen LogP contribution < -0.4 is 5.73 Å². The normalized spacial score (nSPS) is 22.8. The Kier molecular flexibility index (Phi) is 5.79. The number of hydrogen-bond donors (Lipinski definition) is 1. The highest BCUT2D eigenvalue weighted by Crippen LogP contribution is 2.33. The van der Waals surface area contributed by atoms with Crippen molar-refractivity contribution in [1.29, 1.82) is 0 Å². The summed E-state index contributed by atoms with van der Waals surface area (Å²) in [5.41, 5.74) is 5.52. The molecule has 1 aromatic heterocycles. The summed E-state index contributed by atoms with van der Waals surface area (Å²) in [6.45, 7) is 3.31. The molecule has 0 radical (unpaired) electrons. The lowest BCUT2D eigenvalue weighted by Crippen LogP contribution is -2.34. The molecule has 0 aromatic carbocycles. The van der Waals surface area contributed by atoms with Crippen LogP contribution in [0.1, 0.15) is 23.0 Å². The summed E-state index contributed by atoms with van der Waals surface area (Å²) in [6, 6.07) is 1.37. The fraction of sp³-hybridized carbons (Fsp3) is 0.583. The second-order valence-electron chi connectivity index (χ2n) is 5.24. The van der Waals surface area contributed by atoms with Gasteiger partial charge in [-0.3, -0.25) is 0 Å². The molecule has 2 N–H and O–H groups in total. The van der Waals surface area contributed by atoms with Gasteiger partial charge in [-0.2, -0.15) is 4.31 Å². The van der Waals surface area contributed by atoms with Crippen LogP contribution in [0.2, 0.25) is 0 Å². The maximum atomic E-state index is 12.5. The molecule has 9 heteroatoms. The van der Waals surface area contributed by atoms with Gasteiger partial charge in [0.1, 0.15) is 4.88 Å². The maximum Gasteiger partial charge on any atom is 0.348 e. The predicted octanol–water partition coefficient (Wildman–Crippen LogP) is 1.32. The van der Waals surface area contributed by atoms with Crippen molar-refractivity contribution in [3.8, 4) is 0 Å². The van der Waals surface area contributed by atoms with E-state index in [0.29, 0.717) is 19.6 Å². The molecule has 1 unspecified atom stereocenters. The average molecular weight is 355 g/mol. The van der Waals surface area contributed by atoms with E-state index in [1.54, 1.807) is 0 Å². The number of thiophene rings is 1. The van der Waals surface area contributed by atoms with Gasteiger partial charge in [-0.1, -0.05) is 6.92 Å². The topological polar surface area (TPSA) is 89.7 Å². The van der Waals surface area contributed by atoms with Gasteiger partial charge in [0.05, 0.1) is 12.0 Å². The van der Waals surface area contributed by atoms with Gasteiger partial charge in [0.25, 0.3) is 0 Å². The van der Waals surface area contributed by atoms with E-state index in [0.717, 1.165) is 17.8 Å². The Labute approximate surface area is 134 Å². The number of rotatable bonds is 4. The summed E-state index contributed by atoms with van der Waals surface area (Å²) < 4.78 is 31.0. The van der Waals surface area contributed by atoms with E-state index in [4.69, 9.17) is 5.73 Å². The number of carbonyl (C=O) groups excluding carboxylic acids is 1. The summed E-state index contributed by atoms with van der Waals surface area (Å²) in [7, 11) is -2.29. The summed E-state index contributed by atoms with van der Waals surface area (Å²) in [5, 5.41) is 1.47. The monoisotopic (exact) mass is 354 g/mol. The molecule has 0 bridgehead atoms. The van der Waals surface area contributed by atoms with Gasteiger partial charge in [-0.15, -0.1) is 23.7 Å². The molecule has 0 aliphatic carbocycles. The third kappa shape index (κ3) is 3.57. The smallest absolute Gasteiger partial charge is 0.348 e. The minimum atomic E-state index is -3.56. The molecule has 1 atom stereocenters. The summed E-state index contributed by atoms with van der Waals surface area (Å²) in [5.74, 6) is -0.523. The second kappa shape index (κ2) is 6.62. The first-order valence-corrected chi connectivity index (χ1v) is 8.51. The Bertz CT molecular complexity index is 617. The molecule has 2 heterocycles. The molecular weight excluding hydrogens is 336 g/mol. The first-order valence-electron chi connectivity index (χ1n) is 6.19. The van der Waals surface area contributed by atoms with Crippen LogP contribution in [0.3, 0.4) is 0 Å². The lowest BCUT2D eigenvalue weighted by atomic mass is 9.90. The Hall–Kier alpha value is -0.670. The lowest BCUT2D eigenvalue weighted by Gasteiger charge is -2.22. The van der Waals surface area contributed by atoms with E-state index in [1.807, 2.05) is 6.92 Å². The standard InChI is InChI=1S/C12H18N2O4S2.ClH/c1-12(7-13)3-4-14(8-12)20(16,17)9-5-10(19-6-9)11(15)18-2;/h5-6H,3-4,7-8,13H2,1-2H3;1H. The van der Waals surface area contributed by atoms with Gasteiger partial charge < -0.3 is 10.5 Å². The van der Waals surface area contributed by atoms with E-state index < -0.39 is 16.0 Å². The SMILES string of the molecule is COC(=O)c1cc(S(=O)(=O)N2CCC(C)(CN)C2)cs1.Cl. The second-order valence-corrected chi connectivity index (χ2v) is 8.09. The van der Waals surface area contributed by atoms with Crippen molar-refractivity contribution >= 4 is 39.7 Å². The van der Waals surface area contributed by atoms with E-state index in [-0.39, 0.29) is 27.6 Å². The number of ether oxygens (including phenoxy) is 1. The number of hydrogen-bond acceptors (Lipinski definition) is 6. The average Bonchev–Trinajstić information content (AvgIpc) is 3.05. The number of nitrogens with zero attached hydrogens (tertiary/aromatic N) is 1. The van der Waals surface area contributed by atoms with Crippen LogP contribution in [0.4, 0.5) is 0 Å². The zero-order valence-electron chi connectivity index (χ0n) is 11.9. The third-order valence-corrected chi connectivity index (χ3v) is 6.50. The molecule has 1 aromatic rings. The quantitative estimate of drug-likeness (QED) is 0.823. The molecule has 6 nitrogen and oxygen atoms in total. The summed E-state index contributed by atoms with van der Waals surface area (Å²) in [4.78, 5) is 11.8. The molecular formula is C12H19ClN2O4S2. The highest BCUT2D eigenvalue weighted by molar-refractivity contribution is 7.89. The number of methoxy groups -OCH3 is 1. The van der Waals surface area contributed by atoms with E-state index in [9.17, 15) is 13.2 Å². The van der Waals surface area contributed by atoms with Crippen molar-refractivity contribution < 1.29 is 17.9 Å². The number of sulfonamides is 1. The molecule has 1 aliphatic heterocycles. The number of esters is 1. The van der Waals surface area contributed by atoms with E-state index in [1.165, 1.54) is 22.9 Å². The summed E-state index contributed by atoms with van der Waals surface area (Å²) in [6.07, 6.45) is 0.747. The fourth-order valence-electron chi connectivity index (χ4n) is 2.16. The molecule has 21 heavy (non-hydrogen) atoms. The number of nitrogens with two attached hydrogens (primary N) is 1. The largest absolute Gasteiger partial charge is 0.465 e.